The second-order valence-electron chi connectivity index (χ2n) is 5.23. The van der Waals surface area contributed by atoms with Gasteiger partial charge in [0.2, 0.25) is 0 Å². The third-order valence-corrected chi connectivity index (χ3v) is 3.73. The zero-order chi connectivity index (χ0) is 12.2. The van der Waals surface area contributed by atoms with Gasteiger partial charge in [0.25, 0.3) is 0 Å². The van der Waals surface area contributed by atoms with Gasteiger partial charge in [-0.3, -0.25) is 0 Å². The largest absolute Gasteiger partial charge is 0.378 e. The molecule has 0 saturated heterocycles. The van der Waals surface area contributed by atoms with Crippen LogP contribution >= 0.6 is 0 Å². The van der Waals surface area contributed by atoms with Gasteiger partial charge >= 0.3 is 0 Å². The summed E-state index contributed by atoms with van der Waals surface area (Å²) in [7, 11) is 0. The van der Waals surface area contributed by atoms with Gasteiger partial charge in [-0.15, -0.1) is 6.42 Å². The lowest BCUT2D eigenvalue weighted by Gasteiger charge is -2.52. The average Bonchev–Trinajstić information content (AvgIpc) is 2.26. The van der Waals surface area contributed by atoms with E-state index in [0.717, 1.165) is 25.9 Å². The fraction of sp³-hybridized carbons (Fsp3) is 0.857. The molecule has 0 aromatic heterocycles. The number of rotatable bonds is 6. The summed E-state index contributed by atoms with van der Waals surface area (Å²) in [6.07, 6.45) is 9.18. The fourth-order valence-corrected chi connectivity index (χ4v) is 2.40. The standard InChI is InChI=1S/C14H25NO/c1-6-9-11(7-2)15-12-10-13(16-8-3)14(12,4)5/h2,11-13,15H,6,8-10H2,1,3-5H3. The molecule has 1 N–H and O–H groups in total. The molecule has 0 heterocycles. The molecule has 0 bridgehead atoms. The Morgan fingerprint density at radius 3 is 2.62 bits per heavy atom. The molecule has 3 unspecified atom stereocenters. The maximum Gasteiger partial charge on any atom is 0.0689 e. The van der Waals surface area contributed by atoms with E-state index in [9.17, 15) is 0 Å². The third kappa shape index (κ3) is 2.78. The highest BCUT2D eigenvalue weighted by molar-refractivity contribution is 5.08. The SMILES string of the molecule is C#CC(CCC)NC1CC(OCC)C1(C)C. The van der Waals surface area contributed by atoms with Crippen LogP contribution in [-0.4, -0.2) is 24.8 Å². The van der Waals surface area contributed by atoms with E-state index in [4.69, 9.17) is 11.2 Å². The molecule has 1 aliphatic rings. The normalized spacial score (nSPS) is 29.2. The van der Waals surface area contributed by atoms with Crippen LogP contribution in [0.1, 0.15) is 47.0 Å². The molecule has 1 fully saturated rings. The van der Waals surface area contributed by atoms with Gasteiger partial charge in [-0.25, -0.2) is 0 Å². The molecule has 16 heavy (non-hydrogen) atoms. The van der Waals surface area contributed by atoms with Crippen LogP contribution in [0.3, 0.4) is 0 Å². The average molecular weight is 223 g/mol. The Morgan fingerprint density at radius 1 is 1.50 bits per heavy atom. The number of hydrogen-bond donors (Lipinski definition) is 1. The Hall–Kier alpha value is -0.520. The molecule has 2 heteroatoms. The second-order valence-corrected chi connectivity index (χ2v) is 5.23. The Labute approximate surface area is 100 Å². The molecule has 0 radical (unpaired) electrons. The summed E-state index contributed by atoms with van der Waals surface area (Å²) in [6.45, 7) is 9.54. The van der Waals surface area contributed by atoms with E-state index in [1.165, 1.54) is 0 Å². The molecule has 92 valence electrons. The minimum absolute atomic E-state index is 0.207. The summed E-state index contributed by atoms with van der Waals surface area (Å²) >= 11 is 0. The quantitative estimate of drug-likeness (QED) is 0.699. The summed E-state index contributed by atoms with van der Waals surface area (Å²) in [4.78, 5) is 0. The number of nitrogens with one attached hydrogen (secondary N) is 1. The molecular weight excluding hydrogens is 198 g/mol. The zero-order valence-corrected chi connectivity index (χ0v) is 11.0. The molecule has 0 aliphatic heterocycles. The third-order valence-electron chi connectivity index (χ3n) is 3.73. The Balaban J connectivity index is 2.44. The van der Waals surface area contributed by atoms with Gasteiger partial charge in [-0.2, -0.15) is 0 Å². The highest BCUT2D eigenvalue weighted by Crippen LogP contribution is 2.42. The molecule has 2 nitrogen and oxygen atoms in total. The topological polar surface area (TPSA) is 21.3 Å². The molecule has 3 atom stereocenters. The van der Waals surface area contributed by atoms with Crippen LogP contribution in [-0.2, 0) is 4.74 Å². The van der Waals surface area contributed by atoms with E-state index in [1.807, 2.05) is 0 Å². The molecule has 0 aromatic rings. The van der Waals surface area contributed by atoms with Crippen molar-refractivity contribution >= 4 is 0 Å². The minimum Gasteiger partial charge on any atom is -0.378 e. The maximum absolute atomic E-state index is 5.71. The number of ether oxygens (including phenoxy) is 1. The van der Waals surface area contributed by atoms with Gasteiger partial charge in [-0.1, -0.05) is 33.1 Å². The highest BCUT2D eigenvalue weighted by atomic mass is 16.5. The summed E-state index contributed by atoms with van der Waals surface area (Å²) in [5.74, 6) is 2.83. The van der Waals surface area contributed by atoms with E-state index in [-0.39, 0.29) is 11.5 Å². The van der Waals surface area contributed by atoms with Crippen LogP contribution in [0, 0.1) is 17.8 Å². The Morgan fingerprint density at radius 2 is 2.19 bits per heavy atom. The summed E-state index contributed by atoms with van der Waals surface area (Å²) in [5, 5.41) is 3.57. The first kappa shape index (κ1) is 13.5. The van der Waals surface area contributed by atoms with E-state index < -0.39 is 0 Å². The van der Waals surface area contributed by atoms with Crippen LogP contribution < -0.4 is 5.32 Å². The van der Waals surface area contributed by atoms with E-state index in [2.05, 4.69) is 38.9 Å². The molecular formula is C14H25NO. The first-order chi connectivity index (χ1) is 7.56. The predicted octanol–water partition coefficient (Wildman–Crippen LogP) is 2.58. The Bertz CT molecular complexity index is 254. The van der Waals surface area contributed by atoms with Gasteiger partial charge in [-0.05, 0) is 19.8 Å². The Kier molecular flexibility index (Phi) is 4.83. The van der Waals surface area contributed by atoms with Gasteiger partial charge in [0.05, 0.1) is 12.1 Å². The van der Waals surface area contributed by atoms with Crippen molar-refractivity contribution in [2.45, 2.75) is 65.1 Å². The van der Waals surface area contributed by atoms with Crippen molar-refractivity contribution in [1.29, 1.82) is 0 Å². The summed E-state index contributed by atoms with van der Waals surface area (Å²) in [5.41, 5.74) is 0.207. The maximum atomic E-state index is 5.71. The van der Waals surface area contributed by atoms with Crippen LogP contribution in [0.5, 0.6) is 0 Å². The van der Waals surface area contributed by atoms with Crippen molar-refractivity contribution in [3.05, 3.63) is 0 Å². The van der Waals surface area contributed by atoms with Gasteiger partial charge in [0, 0.05) is 18.1 Å². The first-order valence-electron chi connectivity index (χ1n) is 6.40. The van der Waals surface area contributed by atoms with E-state index in [1.54, 1.807) is 0 Å². The van der Waals surface area contributed by atoms with Crippen molar-refractivity contribution in [3.63, 3.8) is 0 Å². The summed E-state index contributed by atoms with van der Waals surface area (Å²) < 4.78 is 5.71. The minimum atomic E-state index is 0.207. The van der Waals surface area contributed by atoms with Crippen molar-refractivity contribution in [2.24, 2.45) is 5.41 Å². The van der Waals surface area contributed by atoms with Crippen LogP contribution in [0.25, 0.3) is 0 Å². The van der Waals surface area contributed by atoms with Crippen molar-refractivity contribution in [3.8, 4) is 12.3 Å². The molecule has 1 aliphatic carbocycles. The number of hydrogen-bond acceptors (Lipinski definition) is 2. The lowest BCUT2D eigenvalue weighted by molar-refractivity contribution is -0.115. The zero-order valence-electron chi connectivity index (χ0n) is 11.0. The summed E-state index contributed by atoms with van der Waals surface area (Å²) in [6, 6.07) is 0.716. The highest BCUT2D eigenvalue weighted by Gasteiger charge is 2.49. The lowest BCUT2D eigenvalue weighted by Crippen LogP contribution is -2.62. The smallest absolute Gasteiger partial charge is 0.0689 e. The van der Waals surface area contributed by atoms with Crippen molar-refractivity contribution in [2.75, 3.05) is 6.61 Å². The van der Waals surface area contributed by atoms with Crippen LogP contribution in [0.4, 0.5) is 0 Å². The second kappa shape index (κ2) is 5.70. The van der Waals surface area contributed by atoms with Crippen LogP contribution in [0.15, 0.2) is 0 Å². The van der Waals surface area contributed by atoms with Crippen molar-refractivity contribution in [1.82, 2.24) is 5.32 Å². The first-order valence-corrected chi connectivity index (χ1v) is 6.40. The molecule has 1 saturated carbocycles. The van der Waals surface area contributed by atoms with Crippen molar-refractivity contribution < 1.29 is 4.74 Å². The lowest BCUT2D eigenvalue weighted by atomic mass is 9.64. The van der Waals surface area contributed by atoms with E-state index in [0.29, 0.717) is 12.1 Å². The van der Waals surface area contributed by atoms with E-state index >= 15 is 0 Å². The predicted molar refractivity (Wildman–Crippen MR) is 68.3 cm³/mol. The molecule has 0 aromatic carbocycles. The van der Waals surface area contributed by atoms with Gasteiger partial charge in [0.1, 0.15) is 0 Å². The monoisotopic (exact) mass is 223 g/mol. The molecule has 1 rings (SSSR count). The van der Waals surface area contributed by atoms with Gasteiger partial charge in [0.15, 0.2) is 0 Å². The molecule has 0 amide bonds. The van der Waals surface area contributed by atoms with Gasteiger partial charge < -0.3 is 10.1 Å². The molecule has 0 spiro atoms. The van der Waals surface area contributed by atoms with Crippen LogP contribution in [0.2, 0.25) is 0 Å². The fourth-order valence-electron chi connectivity index (χ4n) is 2.40. The number of terminal acetylenes is 1.